The summed E-state index contributed by atoms with van der Waals surface area (Å²) in [5.74, 6) is 1.55. The van der Waals surface area contributed by atoms with Crippen molar-refractivity contribution in [2.75, 3.05) is 11.9 Å². The van der Waals surface area contributed by atoms with E-state index in [0.717, 1.165) is 52.0 Å². The molecule has 41 heavy (non-hydrogen) atoms. The zero-order valence-corrected chi connectivity index (χ0v) is 26.0. The number of nitrogens with one attached hydrogen (secondary N) is 2. The number of pyridine rings is 1. The molecule has 0 fully saturated rings. The Kier molecular flexibility index (Phi) is 9.05. The van der Waals surface area contributed by atoms with Gasteiger partial charge in [-0.2, -0.15) is 0 Å². The average Bonchev–Trinajstić information content (AvgIpc) is 2.95. The molecule has 0 saturated carbocycles. The molecule has 1 aliphatic rings. The number of ether oxygens (including phenoxy) is 1. The molecule has 1 aliphatic heterocycles. The van der Waals surface area contributed by atoms with E-state index >= 15 is 0 Å². The van der Waals surface area contributed by atoms with Crippen LogP contribution in [0.3, 0.4) is 0 Å². The van der Waals surface area contributed by atoms with Crippen molar-refractivity contribution in [2.45, 2.75) is 33.6 Å². The fourth-order valence-corrected chi connectivity index (χ4v) is 6.58. The fourth-order valence-electron chi connectivity index (χ4n) is 4.69. The van der Waals surface area contributed by atoms with Crippen LogP contribution in [0.25, 0.3) is 22.2 Å². The average molecular weight is 679 g/mol. The summed E-state index contributed by atoms with van der Waals surface area (Å²) in [7, 11) is 0. The molecule has 3 aromatic carbocycles. The second kappa shape index (κ2) is 12.9. The predicted octanol–water partition coefficient (Wildman–Crippen LogP) is 4.76. The number of carbonyl (C=O) groups excluding carboxylic acids is 2. The first-order chi connectivity index (χ1) is 19.8. The Morgan fingerprint density at radius 1 is 0.951 bits per heavy atom. The van der Waals surface area contributed by atoms with Gasteiger partial charge in [0.05, 0.1) is 16.8 Å². The zero-order valence-electron chi connectivity index (χ0n) is 23.1. The number of hydrogen-bond donors (Lipinski definition) is 2. The number of amides is 2. The Bertz CT molecular complexity index is 1700. The third kappa shape index (κ3) is 6.97. The SMILES string of the molecule is CC1=C[I-]C=C(CCCNC(=O)c2ccc(NC(=O)c3cc(-c4ccccc4Cl)nc4c(C)cc(C)cc34)cc2)O1. The van der Waals surface area contributed by atoms with Crippen molar-refractivity contribution in [3.05, 3.63) is 114 Å². The van der Waals surface area contributed by atoms with Gasteiger partial charge in [-0.3, -0.25) is 4.79 Å². The summed E-state index contributed by atoms with van der Waals surface area (Å²) < 4.78 is 10.0. The Morgan fingerprint density at radius 3 is 2.49 bits per heavy atom. The van der Waals surface area contributed by atoms with Crippen molar-refractivity contribution in [1.29, 1.82) is 0 Å². The van der Waals surface area contributed by atoms with E-state index in [1.54, 1.807) is 30.3 Å². The van der Waals surface area contributed by atoms with Gasteiger partial charge in [0.25, 0.3) is 5.91 Å². The molecule has 0 aliphatic carbocycles. The topological polar surface area (TPSA) is 80.3 Å². The van der Waals surface area contributed by atoms with Gasteiger partial charge in [-0.25, -0.2) is 4.98 Å². The molecule has 0 atom stereocenters. The van der Waals surface area contributed by atoms with Crippen LogP contribution in [0.1, 0.15) is 51.6 Å². The molecule has 6 nitrogen and oxygen atoms in total. The second-order valence-electron chi connectivity index (χ2n) is 9.93. The number of aromatic nitrogens is 1. The first kappa shape index (κ1) is 28.8. The van der Waals surface area contributed by atoms with Crippen LogP contribution in [0.5, 0.6) is 0 Å². The zero-order chi connectivity index (χ0) is 28.9. The third-order valence-corrected chi connectivity index (χ3v) is 9.25. The van der Waals surface area contributed by atoms with E-state index in [1.807, 2.05) is 51.1 Å². The molecule has 4 aromatic rings. The van der Waals surface area contributed by atoms with Crippen LogP contribution in [0.4, 0.5) is 5.69 Å². The summed E-state index contributed by atoms with van der Waals surface area (Å²) in [6, 6.07) is 20.2. The van der Waals surface area contributed by atoms with Gasteiger partial charge in [-0.05, 0) is 37.6 Å². The van der Waals surface area contributed by atoms with Crippen LogP contribution >= 0.6 is 11.6 Å². The second-order valence-corrected chi connectivity index (χ2v) is 12.3. The molecule has 0 radical (unpaired) electrons. The number of hydrogen-bond acceptors (Lipinski definition) is 4. The van der Waals surface area contributed by atoms with E-state index in [9.17, 15) is 9.59 Å². The van der Waals surface area contributed by atoms with Gasteiger partial charge in [0.2, 0.25) is 0 Å². The number of benzene rings is 3. The third-order valence-electron chi connectivity index (χ3n) is 6.63. The molecule has 2 heterocycles. The first-order valence-corrected chi connectivity index (χ1v) is 16.2. The number of halogens is 2. The molecule has 5 rings (SSSR count). The van der Waals surface area contributed by atoms with Crippen molar-refractivity contribution in [2.24, 2.45) is 0 Å². The first-order valence-electron chi connectivity index (χ1n) is 13.3. The maximum atomic E-state index is 13.6. The van der Waals surface area contributed by atoms with Crippen molar-refractivity contribution >= 4 is 40.0 Å². The molecule has 0 saturated heterocycles. The molecule has 8 heteroatoms. The van der Waals surface area contributed by atoms with E-state index in [-0.39, 0.29) is 33.0 Å². The van der Waals surface area contributed by atoms with Crippen molar-refractivity contribution in [1.82, 2.24) is 10.3 Å². The van der Waals surface area contributed by atoms with Crippen molar-refractivity contribution < 1.29 is 35.5 Å². The molecule has 2 amide bonds. The van der Waals surface area contributed by atoms with Crippen LogP contribution < -0.4 is 31.8 Å². The normalized spacial score (nSPS) is 13.0. The molecule has 0 bridgehead atoms. The van der Waals surface area contributed by atoms with E-state index in [2.05, 4.69) is 24.9 Å². The number of allylic oxidation sites excluding steroid dienone is 2. The van der Waals surface area contributed by atoms with Gasteiger partial charge >= 0.3 is 129 Å². The Morgan fingerprint density at radius 2 is 1.73 bits per heavy atom. The molecule has 0 unspecified atom stereocenters. The summed E-state index contributed by atoms with van der Waals surface area (Å²) in [5.41, 5.74) is 5.80. The van der Waals surface area contributed by atoms with E-state index in [0.29, 0.717) is 34.1 Å². The van der Waals surface area contributed by atoms with E-state index in [4.69, 9.17) is 21.3 Å². The minimum absolute atomic E-state index is 0.0640. The molecule has 210 valence electrons. The molecule has 0 spiro atoms. The predicted molar refractivity (Wildman–Crippen MR) is 161 cm³/mol. The summed E-state index contributed by atoms with van der Waals surface area (Å²) in [6.07, 6.45) is 1.61. The molecule has 1 aromatic heterocycles. The Balaban J connectivity index is 1.29. The molecular formula is C33H30ClIN3O3-. The number of aryl methyl sites for hydroxylation is 2. The molecular weight excluding hydrogens is 649 g/mol. The summed E-state index contributed by atoms with van der Waals surface area (Å²) in [6.45, 7) is 6.52. The van der Waals surface area contributed by atoms with Gasteiger partial charge in [-0.1, -0.05) is 41.4 Å². The fraction of sp³-hybridized carbons (Fsp3) is 0.182. The quantitative estimate of drug-likeness (QED) is 0.208. The van der Waals surface area contributed by atoms with Gasteiger partial charge in [0, 0.05) is 16.0 Å². The van der Waals surface area contributed by atoms with E-state index in [1.165, 1.54) is 0 Å². The number of fused-ring (bicyclic) bond motifs is 1. The Hall–Kier alpha value is -3.69. The van der Waals surface area contributed by atoms with Crippen LogP contribution in [-0.4, -0.2) is 23.3 Å². The number of nitrogens with zero attached hydrogens (tertiary/aromatic N) is 1. The van der Waals surface area contributed by atoms with Crippen molar-refractivity contribution in [3.63, 3.8) is 0 Å². The number of rotatable bonds is 8. The summed E-state index contributed by atoms with van der Waals surface area (Å²) in [4.78, 5) is 31.1. The van der Waals surface area contributed by atoms with Crippen molar-refractivity contribution in [3.8, 4) is 11.3 Å². The molecule has 2 N–H and O–H groups in total. The summed E-state index contributed by atoms with van der Waals surface area (Å²) >= 11 is 6.41. The van der Waals surface area contributed by atoms with Gasteiger partial charge in [0.15, 0.2) is 0 Å². The van der Waals surface area contributed by atoms with Crippen LogP contribution in [0.2, 0.25) is 5.02 Å². The van der Waals surface area contributed by atoms with Crippen LogP contribution in [0.15, 0.2) is 86.4 Å². The minimum atomic E-state index is -0.264. The number of carbonyl (C=O) groups is 2. The Labute approximate surface area is 255 Å². The monoisotopic (exact) mass is 678 g/mol. The van der Waals surface area contributed by atoms with Gasteiger partial charge in [0.1, 0.15) is 0 Å². The summed E-state index contributed by atoms with van der Waals surface area (Å²) in [5, 5.41) is 7.29. The van der Waals surface area contributed by atoms with E-state index < -0.39 is 0 Å². The van der Waals surface area contributed by atoms with Crippen LogP contribution in [0, 0.1) is 13.8 Å². The maximum absolute atomic E-state index is 13.6. The van der Waals surface area contributed by atoms with Gasteiger partial charge in [-0.15, -0.1) is 0 Å². The standard InChI is InChI=1S/C33H30ClIN3O3/c1-20-15-21(2)31-27(16-20)28(17-30(38-31)26-8-4-5-9-29(26)34)33(40)37-24-12-10-23(11-13-24)32(39)36-14-6-7-25-19-35-18-22(3)41-25/h4-5,8-13,15-19H,6-7,14H2,1-3H3,(H,36,39)(H,37,40)/q-1. The number of anilines is 1. The van der Waals surface area contributed by atoms with Gasteiger partial charge < -0.3 is 0 Å². The van der Waals surface area contributed by atoms with Crippen LogP contribution in [-0.2, 0) is 4.74 Å².